The molecule has 5 aliphatic carbocycles. The van der Waals surface area contributed by atoms with Gasteiger partial charge in [0.1, 0.15) is 6.10 Å². The van der Waals surface area contributed by atoms with Crippen molar-refractivity contribution in [3.63, 3.8) is 0 Å². The predicted molar refractivity (Wildman–Crippen MR) is 180 cm³/mol. The second-order valence-corrected chi connectivity index (χ2v) is 17.2. The fraction of sp³-hybridized carbons (Fsp3) is 0.700. The van der Waals surface area contributed by atoms with E-state index in [1.165, 1.54) is 18.8 Å². The molecule has 1 aromatic carbocycles. The number of carboxylic acid groups (broad SMARTS) is 1. The molecule has 6 nitrogen and oxygen atoms in total. The van der Waals surface area contributed by atoms with Gasteiger partial charge in [0.25, 0.3) is 0 Å². The molecule has 0 bridgehead atoms. The molecule has 3 unspecified atom stereocenters. The molecule has 6 heteroatoms. The first-order valence-corrected chi connectivity index (χ1v) is 17.7. The maximum absolute atomic E-state index is 13.1. The number of aromatic hydroxyl groups is 1. The molecule has 0 heterocycles. The second kappa shape index (κ2) is 11.2. The zero-order valence-corrected chi connectivity index (χ0v) is 29.3. The number of hydrogen-bond donors (Lipinski definition) is 2. The van der Waals surface area contributed by atoms with Crippen molar-refractivity contribution in [2.75, 3.05) is 7.11 Å². The van der Waals surface area contributed by atoms with Gasteiger partial charge in [0.05, 0.1) is 12.5 Å². The molecule has 4 fully saturated rings. The van der Waals surface area contributed by atoms with Crippen LogP contribution in [0.1, 0.15) is 112 Å². The molecule has 0 radical (unpaired) electrons. The molecule has 4 saturated carbocycles. The van der Waals surface area contributed by atoms with Gasteiger partial charge in [-0.3, -0.25) is 4.79 Å². The quantitative estimate of drug-likeness (QED) is 0.191. The molecule has 5 aliphatic rings. The zero-order valence-electron chi connectivity index (χ0n) is 29.3. The molecule has 0 spiro atoms. The molecule has 0 aliphatic heterocycles. The van der Waals surface area contributed by atoms with E-state index >= 15 is 0 Å². The number of phenolic OH excluding ortho intramolecular Hbond substituents is 1. The summed E-state index contributed by atoms with van der Waals surface area (Å²) in [4.78, 5) is 26.1. The van der Waals surface area contributed by atoms with Gasteiger partial charge in [-0.25, -0.2) is 4.79 Å². The van der Waals surface area contributed by atoms with Crippen molar-refractivity contribution in [2.24, 2.45) is 56.7 Å². The lowest BCUT2D eigenvalue weighted by Gasteiger charge is -2.71. The largest absolute Gasteiger partial charge is 0.504 e. The lowest BCUT2D eigenvalue weighted by molar-refractivity contribution is -0.213. The van der Waals surface area contributed by atoms with Crippen LogP contribution in [0.3, 0.4) is 0 Å². The lowest BCUT2D eigenvalue weighted by atomic mass is 9.33. The number of hydrogen-bond acceptors (Lipinski definition) is 5. The third-order valence-electron chi connectivity index (χ3n) is 15.2. The minimum Gasteiger partial charge on any atom is -0.504 e. The van der Waals surface area contributed by atoms with Crippen molar-refractivity contribution in [1.29, 1.82) is 0 Å². The summed E-state index contributed by atoms with van der Waals surface area (Å²) in [6, 6.07) is 4.99. The van der Waals surface area contributed by atoms with Gasteiger partial charge in [0, 0.05) is 11.5 Å². The lowest BCUT2D eigenvalue weighted by Crippen LogP contribution is -2.65. The van der Waals surface area contributed by atoms with Crippen LogP contribution in [-0.2, 0) is 14.3 Å². The third-order valence-corrected chi connectivity index (χ3v) is 15.2. The van der Waals surface area contributed by atoms with Gasteiger partial charge in [-0.15, -0.1) is 0 Å². The van der Waals surface area contributed by atoms with E-state index in [-0.39, 0.29) is 45.4 Å². The highest BCUT2D eigenvalue weighted by atomic mass is 16.5. The molecular weight excluding hydrogens is 576 g/mol. The minimum absolute atomic E-state index is 0.00596. The summed E-state index contributed by atoms with van der Waals surface area (Å²) in [5.74, 6) is 1.47. The van der Waals surface area contributed by atoms with Gasteiger partial charge in [-0.2, -0.15) is 0 Å². The summed E-state index contributed by atoms with van der Waals surface area (Å²) in [5.41, 5.74) is 1.63. The van der Waals surface area contributed by atoms with Crippen molar-refractivity contribution >= 4 is 18.0 Å². The second-order valence-electron chi connectivity index (χ2n) is 17.2. The number of esters is 1. The Labute approximate surface area is 276 Å². The monoisotopic (exact) mass is 632 g/mol. The topological polar surface area (TPSA) is 93.1 Å². The fourth-order valence-electron chi connectivity index (χ4n) is 12.2. The van der Waals surface area contributed by atoms with Crippen LogP contribution >= 0.6 is 0 Å². The Hall–Kier alpha value is -2.76. The van der Waals surface area contributed by atoms with Gasteiger partial charge < -0.3 is 19.7 Å². The van der Waals surface area contributed by atoms with Crippen molar-refractivity contribution in [2.45, 2.75) is 112 Å². The van der Waals surface area contributed by atoms with E-state index in [0.29, 0.717) is 29.4 Å². The van der Waals surface area contributed by atoms with Crippen molar-refractivity contribution in [3.8, 4) is 11.5 Å². The normalized spacial score (nSPS) is 42.9. The number of rotatable bonds is 5. The summed E-state index contributed by atoms with van der Waals surface area (Å²) in [5, 5.41) is 20.6. The summed E-state index contributed by atoms with van der Waals surface area (Å²) in [6.07, 6.45) is 14.2. The highest BCUT2D eigenvalue weighted by molar-refractivity contribution is 5.87. The molecule has 1 aromatic rings. The average molecular weight is 633 g/mol. The van der Waals surface area contributed by atoms with E-state index in [1.54, 1.807) is 24.3 Å². The van der Waals surface area contributed by atoms with Crippen LogP contribution in [0.15, 0.2) is 35.9 Å². The standard InChI is InChI=1S/C40H56O6/c1-24-15-20-40(35(43)44)22-21-38(6)27(34(40)25(24)2)11-13-31-37(5)18-17-32(36(3,4)30(37)16-19-39(31,38)7)46-33(42)14-10-26-9-12-28(41)29(23-26)45-8/h9-12,14,23-25,30-32,34,41H,13,15-22H2,1-8H3,(H,43,44)/b14-10+/t24-,25+,30?,31?,32+,34?,37+,38-,39-,40+/m1/s1. The van der Waals surface area contributed by atoms with E-state index in [9.17, 15) is 19.8 Å². The molecule has 252 valence electrons. The van der Waals surface area contributed by atoms with E-state index in [1.807, 2.05) is 0 Å². The zero-order chi connectivity index (χ0) is 33.4. The van der Waals surface area contributed by atoms with Crippen LogP contribution in [0.25, 0.3) is 6.08 Å². The number of carboxylic acids is 1. The summed E-state index contributed by atoms with van der Waals surface area (Å²) in [6.45, 7) is 16.9. The molecule has 0 aromatic heterocycles. The van der Waals surface area contributed by atoms with Crippen molar-refractivity contribution in [3.05, 3.63) is 41.5 Å². The Kier molecular flexibility index (Phi) is 8.04. The van der Waals surface area contributed by atoms with Gasteiger partial charge >= 0.3 is 11.9 Å². The van der Waals surface area contributed by atoms with Gasteiger partial charge in [0.2, 0.25) is 0 Å². The molecule has 46 heavy (non-hydrogen) atoms. The highest BCUT2D eigenvalue weighted by Gasteiger charge is 2.69. The highest BCUT2D eigenvalue weighted by Crippen LogP contribution is 2.75. The van der Waals surface area contributed by atoms with Crippen LogP contribution in [0.5, 0.6) is 11.5 Å². The van der Waals surface area contributed by atoms with E-state index in [4.69, 9.17) is 9.47 Å². The smallest absolute Gasteiger partial charge is 0.331 e. The number of methoxy groups -OCH3 is 1. The van der Waals surface area contributed by atoms with Crippen LogP contribution in [-0.4, -0.2) is 35.4 Å². The molecular formula is C40H56O6. The van der Waals surface area contributed by atoms with Crippen LogP contribution in [0.4, 0.5) is 0 Å². The Morgan fingerprint density at radius 3 is 2.37 bits per heavy atom. The summed E-state index contributed by atoms with van der Waals surface area (Å²) < 4.78 is 11.4. The first kappa shape index (κ1) is 33.2. The number of aliphatic carboxylic acids is 1. The number of phenols is 1. The molecule has 0 amide bonds. The van der Waals surface area contributed by atoms with Crippen molar-refractivity contribution in [1.82, 2.24) is 0 Å². The van der Waals surface area contributed by atoms with Gasteiger partial charge in [-0.1, -0.05) is 66.2 Å². The Bertz CT molecular complexity index is 1460. The molecule has 0 saturated heterocycles. The Balaban J connectivity index is 1.25. The first-order valence-electron chi connectivity index (χ1n) is 17.7. The molecule has 2 N–H and O–H groups in total. The minimum atomic E-state index is -0.617. The maximum atomic E-state index is 13.1. The Morgan fingerprint density at radius 2 is 1.67 bits per heavy atom. The Morgan fingerprint density at radius 1 is 0.935 bits per heavy atom. The number of ether oxygens (including phenoxy) is 2. The van der Waals surface area contributed by atoms with Crippen LogP contribution in [0.2, 0.25) is 0 Å². The van der Waals surface area contributed by atoms with Gasteiger partial charge in [0.15, 0.2) is 11.5 Å². The van der Waals surface area contributed by atoms with E-state index in [0.717, 1.165) is 63.4 Å². The van der Waals surface area contributed by atoms with Gasteiger partial charge in [-0.05, 0) is 127 Å². The van der Waals surface area contributed by atoms with Crippen LogP contribution < -0.4 is 4.74 Å². The maximum Gasteiger partial charge on any atom is 0.331 e. The number of carbonyl (C=O) groups excluding carboxylic acids is 1. The van der Waals surface area contributed by atoms with E-state index < -0.39 is 11.4 Å². The molecule has 6 rings (SSSR count). The van der Waals surface area contributed by atoms with Crippen LogP contribution in [0, 0.1) is 56.7 Å². The molecule has 10 atom stereocenters. The number of allylic oxidation sites excluding steroid dienone is 2. The number of benzene rings is 1. The average Bonchev–Trinajstić information content (AvgIpc) is 3.00. The van der Waals surface area contributed by atoms with E-state index in [2.05, 4.69) is 54.5 Å². The number of carbonyl (C=O) groups is 2. The fourth-order valence-corrected chi connectivity index (χ4v) is 12.2. The SMILES string of the molecule is COc1cc(/C=C/C(=O)O[C@H]2CC[C@@]3(C)C(CC[C@]4(C)C3CC=C3C5[C@@H](C)[C@H](C)CC[C@]5(C(=O)O)CC[C@]34C)C2(C)C)ccc1O. The van der Waals surface area contributed by atoms with Crippen molar-refractivity contribution < 1.29 is 29.3 Å². The predicted octanol–water partition coefficient (Wildman–Crippen LogP) is 9.07. The first-order chi connectivity index (χ1) is 21.5. The number of fused-ring (bicyclic) bond motifs is 7. The third kappa shape index (κ3) is 4.62. The summed E-state index contributed by atoms with van der Waals surface area (Å²) in [7, 11) is 1.50. The summed E-state index contributed by atoms with van der Waals surface area (Å²) >= 11 is 0.